The zero-order chi connectivity index (χ0) is 21.5. The van der Waals surface area contributed by atoms with Crippen LogP contribution in [0.3, 0.4) is 0 Å². The molecule has 1 aliphatic heterocycles. The molecule has 0 spiro atoms. The summed E-state index contributed by atoms with van der Waals surface area (Å²) in [5.74, 6) is -0.596. The lowest BCUT2D eigenvalue weighted by Crippen LogP contribution is -2.32. The highest BCUT2D eigenvalue weighted by atomic mass is 32.2. The molecule has 0 saturated carbocycles. The van der Waals surface area contributed by atoms with Gasteiger partial charge in [0.2, 0.25) is 11.8 Å². The van der Waals surface area contributed by atoms with E-state index in [1.54, 1.807) is 12.1 Å². The van der Waals surface area contributed by atoms with E-state index in [-0.39, 0.29) is 35.5 Å². The number of nitriles is 1. The number of amides is 2. The molecule has 30 heavy (non-hydrogen) atoms. The number of ether oxygens (including phenoxy) is 1. The fourth-order valence-corrected chi connectivity index (χ4v) is 4.02. The Morgan fingerprint density at radius 2 is 2.10 bits per heavy atom. The number of rotatable bonds is 7. The monoisotopic (exact) mass is 423 g/mol. The Kier molecular flexibility index (Phi) is 6.99. The quantitative estimate of drug-likeness (QED) is 0.631. The summed E-state index contributed by atoms with van der Waals surface area (Å²) in [5, 5.41) is 25.4. The molecule has 2 amide bonds. The maximum atomic E-state index is 12.2. The van der Waals surface area contributed by atoms with E-state index in [9.17, 15) is 20.0 Å². The molecule has 2 aromatic rings. The number of methoxy groups -OCH3 is 1. The van der Waals surface area contributed by atoms with Gasteiger partial charge in [-0.2, -0.15) is 5.26 Å². The zero-order valence-corrected chi connectivity index (χ0v) is 17.2. The van der Waals surface area contributed by atoms with Crippen LogP contribution in [0.4, 0.5) is 0 Å². The average Bonchev–Trinajstić information content (AvgIpc) is 2.77. The van der Waals surface area contributed by atoms with E-state index in [2.05, 4.69) is 16.7 Å². The van der Waals surface area contributed by atoms with Gasteiger partial charge in [0.1, 0.15) is 0 Å². The van der Waals surface area contributed by atoms with Crippen LogP contribution in [0.5, 0.6) is 11.5 Å². The minimum absolute atomic E-state index is 0.0197. The highest BCUT2D eigenvalue weighted by Crippen LogP contribution is 2.38. The fraction of sp³-hybridized carbons (Fsp3) is 0.227. The van der Waals surface area contributed by atoms with Gasteiger partial charge in [0.05, 0.1) is 29.5 Å². The summed E-state index contributed by atoms with van der Waals surface area (Å²) in [6.07, 6.45) is 0.0983. The molecule has 3 rings (SSSR count). The van der Waals surface area contributed by atoms with E-state index in [0.29, 0.717) is 22.7 Å². The van der Waals surface area contributed by atoms with Gasteiger partial charge in [0, 0.05) is 18.9 Å². The first-order valence-corrected chi connectivity index (χ1v) is 10.2. The number of phenolic OH excluding ortho intramolecular Hbond substituents is 1. The summed E-state index contributed by atoms with van der Waals surface area (Å²) in [7, 11) is 1.43. The molecule has 8 heteroatoms. The Hall–Kier alpha value is -3.44. The minimum atomic E-state index is -0.479. The molecule has 1 aliphatic rings. The summed E-state index contributed by atoms with van der Waals surface area (Å²) in [6, 6.07) is 16.5. The Labute approximate surface area is 178 Å². The number of phenols is 1. The fourth-order valence-electron chi connectivity index (χ4n) is 3.11. The van der Waals surface area contributed by atoms with Gasteiger partial charge in [-0.25, -0.2) is 0 Å². The topological polar surface area (TPSA) is 111 Å². The molecule has 0 aliphatic carbocycles. The summed E-state index contributed by atoms with van der Waals surface area (Å²) >= 11 is 1.12. The van der Waals surface area contributed by atoms with Gasteiger partial charge in [0.15, 0.2) is 11.5 Å². The number of nitrogens with zero attached hydrogens (tertiary/aromatic N) is 1. The first-order chi connectivity index (χ1) is 14.5. The molecule has 0 aromatic heterocycles. The number of thioether (sulfide) groups is 1. The van der Waals surface area contributed by atoms with Crippen molar-refractivity contribution in [1.29, 1.82) is 5.26 Å². The van der Waals surface area contributed by atoms with Crippen molar-refractivity contribution in [2.24, 2.45) is 0 Å². The van der Waals surface area contributed by atoms with E-state index >= 15 is 0 Å². The van der Waals surface area contributed by atoms with Gasteiger partial charge in [0.25, 0.3) is 0 Å². The molecule has 7 nitrogen and oxygen atoms in total. The Morgan fingerprint density at radius 3 is 2.80 bits per heavy atom. The predicted octanol–water partition coefficient (Wildman–Crippen LogP) is 2.79. The lowest BCUT2D eigenvalue weighted by atomic mass is 9.87. The minimum Gasteiger partial charge on any atom is -0.504 e. The molecule has 154 valence electrons. The Morgan fingerprint density at radius 1 is 1.33 bits per heavy atom. The van der Waals surface area contributed by atoms with Crippen LogP contribution >= 0.6 is 11.8 Å². The number of carbonyl (C=O) groups is 2. The van der Waals surface area contributed by atoms with Crippen LogP contribution in [-0.4, -0.2) is 29.8 Å². The predicted molar refractivity (Wildman–Crippen MR) is 114 cm³/mol. The van der Waals surface area contributed by atoms with E-state index < -0.39 is 5.92 Å². The van der Waals surface area contributed by atoms with Gasteiger partial charge in [-0.3, -0.25) is 9.59 Å². The SMILES string of the molecule is COc1cc([C@H]2CC(=O)NC(SCC(=O)NCc3ccccc3)=C2C#N)ccc1O. The van der Waals surface area contributed by atoms with E-state index in [0.717, 1.165) is 17.3 Å². The number of carbonyl (C=O) groups excluding carboxylic acids is 2. The van der Waals surface area contributed by atoms with Crippen LogP contribution in [0.1, 0.15) is 23.5 Å². The van der Waals surface area contributed by atoms with Crippen LogP contribution in [0.25, 0.3) is 0 Å². The van der Waals surface area contributed by atoms with Crippen molar-refractivity contribution in [3.63, 3.8) is 0 Å². The third-order valence-electron chi connectivity index (χ3n) is 4.64. The maximum Gasteiger partial charge on any atom is 0.230 e. The zero-order valence-electron chi connectivity index (χ0n) is 16.3. The normalized spacial score (nSPS) is 15.9. The summed E-state index contributed by atoms with van der Waals surface area (Å²) in [4.78, 5) is 24.5. The highest BCUT2D eigenvalue weighted by molar-refractivity contribution is 8.03. The van der Waals surface area contributed by atoms with Crippen molar-refractivity contribution >= 4 is 23.6 Å². The Balaban J connectivity index is 1.72. The van der Waals surface area contributed by atoms with Gasteiger partial charge >= 0.3 is 0 Å². The van der Waals surface area contributed by atoms with Crippen LogP contribution in [0, 0.1) is 11.3 Å². The second-order valence-electron chi connectivity index (χ2n) is 6.64. The second-order valence-corrected chi connectivity index (χ2v) is 7.63. The molecule has 0 unspecified atom stereocenters. The van der Waals surface area contributed by atoms with Crippen LogP contribution in [0.2, 0.25) is 0 Å². The third kappa shape index (κ3) is 5.13. The molecule has 1 atom stereocenters. The lowest BCUT2D eigenvalue weighted by molar-refractivity contribution is -0.121. The first-order valence-electron chi connectivity index (χ1n) is 9.26. The van der Waals surface area contributed by atoms with Crippen molar-refractivity contribution in [1.82, 2.24) is 10.6 Å². The maximum absolute atomic E-state index is 12.2. The highest BCUT2D eigenvalue weighted by Gasteiger charge is 2.30. The number of allylic oxidation sites excluding steroid dienone is 1. The molecule has 0 bridgehead atoms. The van der Waals surface area contributed by atoms with Gasteiger partial charge < -0.3 is 20.5 Å². The van der Waals surface area contributed by atoms with E-state index in [1.165, 1.54) is 13.2 Å². The van der Waals surface area contributed by atoms with E-state index in [4.69, 9.17) is 4.74 Å². The summed E-state index contributed by atoms with van der Waals surface area (Å²) < 4.78 is 5.13. The smallest absolute Gasteiger partial charge is 0.230 e. The molecule has 3 N–H and O–H groups in total. The van der Waals surface area contributed by atoms with Crippen molar-refractivity contribution in [3.05, 3.63) is 70.3 Å². The number of hydrogen-bond donors (Lipinski definition) is 3. The molecular weight excluding hydrogens is 402 g/mol. The molecule has 0 saturated heterocycles. The largest absolute Gasteiger partial charge is 0.504 e. The summed E-state index contributed by atoms with van der Waals surface area (Å²) in [5.41, 5.74) is 2.05. The van der Waals surface area contributed by atoms with Crippen molar-refractivity contribution < 1.29 is 19.4 Å². The number of hydrogen-bond acceptors (Lipinski definition) is 6. The van der Waals surface area contributed by atoms with Gasteiger partial charge in [-0.1, -0.05) is 48.2 Å². The van der Waals surface area contributed by atoms with Crippen molar-refractivity contribution in [2.75, 3.05) is 12.9 Å². The molecule has 0 radical (unpaired) electrons. The number of nitrogens with one attached hydrogen (secondary N) is 2. The second kappa shape index (κ2) is 9.85. The number of benzene rings is 2. The third-order valence-corrected chi connectivity index (χ3v) is 5.66. The van der Waals surface area contributed by atoms with Crippen LogP contribution in [-0.2, 0) is 16.1 Å². The average molecular weight is 423 g/mol. The van der Waals surface area contributed by atoms with Crippen LogP contribution in [0.15, 0.2) is 59.1 Å². The van der Waals surface area contributed by atoms with Gasteiger partial charge in [-0.05, 0) is 23.3 Å². The van der Waals surface area contributed by atoms with Crippen molar-refractivity contribution in [2.45, 2.75) is 18.9 Å². The van der Waals surface area contributed by atoms with Crippen molar-refractivity contribution in [3.8, 4) is 17.6 Å². The van der Waals surface area contributed by atoms with E-state index in [1.807, 2.05) is 30.3 Å². The molecule has 1 heterocycles. The number of aromatic hydroxyl groups is 1. The molecular formula is C22H21N3O4S. The van der Waals surface area contributed by atoms with Crippen LogP contribution < -0.4 is 15.4 Å². The van der Waals surface area contributed by atoms with Gasteiger partial charge in [-0.15, -0.1) is 0 Å². The molecule has 2 aromatic carbocycles. The standard InChI is InChI=1S/C22H21N3O4S/c1-29-19-9-15(7-8-18(19)26)16-10-20(27)25-22(17(16)11-23)30-13-21(28)24-12-14-5-3-2-4-6-14/h2-9,16,26H,10,12-13H2,1H3,(H,24,28)(H,25,27)/t16-/m1/s1. The lowest BCUT2D eigenvalue weighted by Gasteiger charge is -2.25. The first kappa shape index (κ1) is 21.3. The molecule has 0 fully saturated rings. The Bertz CT molecular complexity index is 1010. The summed E-state index contributed by atoms with van der Waals surface area (Å²) in [6.45, 7) is 0.409.